The minimum atomic E-state index is 0.188. The zero-order valence-corrected chi connectivity index (χ0v) is 18.6. The molecule has 0 aliphatic carbocycles. The van der Waals surface area contributed by atoms with E-state index in [0.29, 0.717) is 5.75 Å². The summed E-state index contributed by atoms with van der Waals surface area (Å²) < 4.78 is 2.29. The highest BCUT2D eigenvalue weighted by Gasteiger charge is 2.22. The number of carbonyl (C=O) groups is 1. The fourth-order valence-electron chi connectivity index (χ4n) is 4.36. The van der Waals surface area contributed by atoms with Gasteiger partial charge >= 0.3 is 0 Å². The lowest BCUT2D eigenvalue weighted by atomic mass is 10.0. The highest BCUT2D eigenvalue weighted by molar-refractivity contribution is 8.00. The molecule has 1 aromatic heterocycles. The maximum absolute atomic E-state index is 13.1. The molecule has 0 atom stereocenters. The van der Waals surface area contributed by atoms with E-state index in [0.717, 1.165) is 31.6 Å². The summed E-state index contributed by atoms with van der Waals surface area (Å²) in [6.45, 7) is 3.75. The van der Waals surface area contributed by atoms with Gasteiger partial charge in [0.25, 0.3) is 0 Å². The Bertz CT molecular complexity index is 1230. The van der Waals surface area contributed by atoms with E-state index in [1.54, 1.807) is 11.8 Å². The number of hydrogen-bond acceptors (Lipinski definition) is 2. The molecular weight excluding hydrogens is 400 g/mol. The third kappa shape index (κ3) is 4.13. The first-order valence-electron chi connectivity index (χ1n) is 10.8. The zero-order chi connectivity index (χ0) is 21.2. The van der Waals surface area contributed by atoms with Crippen molar-refractivity contribution in [3.8, 4) is 0 Å². The lowest BCUT2D eigenvalue weighted by Crippen LogP contribution is -2.36. The standard InChI is InChI=1S/C27H26N2OS/c1-20-12-14-21(15-13-20)17-28-18-26(23-9-3-5-11-25(23)28)31-19-27(30)29-16-6-8-22-7-2-4-10-24(22)29/h2-5,7,9-15,18H,6,8,16-17,19H2,1H3. The average Bonchev–Trinajstić information content (AvgIpc) is 3.16. The molecule has 4 heteroatoms. The van der Waals surface area contributed by atoms with E-state index in [-0.39, 0.29) is 5.91 Å². The van der Waals surface area contributed by atoms with Crippen molar-refractivity contribution in [2.45, 2.75) is 31.2 Å². The number of amides is 1. The van der Waals surface area contributed by atoms with Crippen molar-refractivity contribution < 1.29 is 4.79 Å². The van der Waals surface area contributed by atoms with Crippen molar-refractivity contribution >= 4 is 34.3 Å². The lowest BCUT2D eigenvalue weighted by molar-refractivity contribution is -0.116. The molecule has 5 rings (SSSR count). The van der Waals surface area contributed by atoms with Gasteiger partial charge in [-0.15, -0.1) is 11.8 Å². The van der Waals surface area contributed by atoms with Crippen LogP contribution in [-0.4, -0.2) is 22.8 Å². The van der Waals surface area contributed by atoms with E-state index in [1.807, 2.05) is 11.0 Å². The number of anilines is 1. The van der Waals surface area contributed by atoms with Crippen molar-refractivity contribution in [3.05, 3.63) is 95.7 Å². The predicted molar refractivity (Wildman–Crippen MR) is 130 cm³/mol. The van der Waals surface area contributed by atoms with Crippen LogP contribution in [0.15, 0.2) is 83.9 Å². The monoisotopic (exact) mass is 426 g/mol. The lowest BCUT2D eigenvalue weighted by Gasteiger charge is -2.29. The minimum absolute atomic E-state index is 0.188. The molecule has 2 heterocycles. The number of fused-ring (bicyclic) bond motifs is 2. The quantitative estimate of drug-likeness (QED) is 0.362. The Hall–Kier alpha value is -2.98. The SMILES string of the molecule is Cc1ccc(Cn2cc(SCC(=O)N3CCCc4ccccc43)c3ccccc32)cc1. The summed E-state index contributed by atoms with van der Waals surface area (Å²) in [6.07, 6.45) is 4.29. The summed E-state index contributed by atoms with van der Waals surface area (Å²) in [6, 6.07) is 25.5. The van der Waals surface area contributed by atoms with Gasteiger partial charge in [-0.1, -0.05) is 66.2 Å². The maximum atomic E-state index is 13.1. The smallest absolute Gasteiger partial charge is 0.237 e. The number of hydrogen-bond donors (Lipinski definition) is 0. The van der Waals surface area contributed by atoms with Crippen molar-refractivity contribution in [2.75, 3.05) is 17.2 Å². The summed E-state index contributed by atoms with van der Waals surface area (Å²) >= 11 is 1.65. The topological polar surface area (TPSA) is 25.2 Å². The number of benzene rings is 3. The Kier molecular flexibility index (Phi) is 5.56. The van der Waals surface area contributed by atoms with Crippen LogP contribution in [0.1, 0.15) is 23.1 Å². The molecule has 4 aromatic rings. The highest BCUT2D eigenvalue weighted by atomic mass is 32.2. The molecule has 3 nitrogen and oxygen atoms in total. The van der Waals surface area contributed by atoms with Gasteiger partial charge < -0.3 is 9.47 Å². The Morgan fingerprint density at radius 1 is 0.968 bits per heavy atom. The molecule has 0 N–H and O–H groups in total. The van der Waals surface area contributed by atoms with E-state index in [9.17, 15) is 4.79 Å². The molecule has 0 spiro atoms. The van der Waals surface area contributed by atoms with E-state index in [1.165, 1.54) is 32.5 Å². The minimum Gasteiger partial charge on any atom is -0.342 e. The average molecular weight is 427 g/mol. The second kappa shape index (κ2) is 8.64. The van der Waals surface area contributed by atoms with E-state index >= 15 is 0 Å². The highest BCUT2D eigenvalue weighted by Crippen LogP contribution is 2.32. The van der Waals surface area contributed by atoms with Gasteiger partial charge in [-0.05, 0) is 43.0 Å². The van der Waals surface area contributed by atoms with Crippen LogP contribution in [0.4, 0.5) is 5.69 Å². The number of thioether (sulfide) groups is 1. The molecule has 156 valence electrons. The van der Waals surface area contributed by atoms with Gasteiger partial charge in [0.05, 0.1) is 5.75 Å². The molecule has 0 saturated heterocycles. The molecule has 31 heavy (non-hydrogen) atoms. The Balaban J connectivity index is 1.36. The van der Waals surface area contributed by atoms with Crippen LogP contribution >= 0.6 is 11.8 Å². The van der Waals surface area contributed by atoms with Gasteiger partial charge in [0.1, 0.15) is 0 Å². The van der Waals surface area contributed by atoms with Crippen molar-refractivity contribution in [1.29, 1.82) is 0 Å². The van der Waals surface area contributed by atoms with Crippen LogP contribution in [0.25, 0.3) is 10.9 Å². The van der Waals surface area contributed by atoms with E-state index in [4.69, 9.17) is 0 Å². The number of carbonyl (C=O) groups excluding carboxylic acids is 1. The Morgan fingerprint density at radius 2 is 1.74 bits per heavy atom. The van der Waals surface area contributed by atoms with E-state index in [2.05, 4.69) is 84.4 Å². The molecule has 0 radical (unpaired) electrons. The fraction of sp³-hybridized carbons (Fsp3) is 0.222. The zero-order valence-electron chi connectivity index (χ0n) is 17.8. The van der Waals surface area contributed by atoms with Gasteiger partial charge in [0.2, 0.25) is 5.91 Å². The van der Waals surface area contributed by atoms with Gasteiger partial charge in [-0.25, -0.2) is 0 Å². The van der Waals surface area contributed by atoms with E-state index < -0.39 is 0 Å². The summed E-state index contributed by atoms with van der Waals surface area (Å²) in [4.78, 5) is 16.2. The van der Waals surface area contributed by atoms with Crippen LogP contribution in [0.5, 0.6) is 0 Å². The van der Waals surface area contributed by atoms with Crippen LogP contribution in [0.2, 0.25) is 0 Å². The number of nitrogens with zero attached hydrogens (tertiary/aromatic N) is 2. The molecule has 0 saturated carbocycles. The molecule has 0 fully saturated rings. The van der Waals surface area contributed by atoms with Crippen LogP contribution in [0, 0.1) is 6.92 Å². The number of rotatable bonds is 5. The third-order valence-electron chi connectivity index (χ3n) is 5.99. The molecule has 1 aliphatic heterocycles. The van der Waals surface area contributed by atoms with Crippen molar-refractivity contribution in [2.24, 2.45) is 0 Å². The second-order valence-electron chi connectivity index (χ2n) is 8.19. The fourth-order valence-corrected chi connectivity index (χ4v) is 5.32. The molecule has 0 bridgehead atoms. The predicted octanol–water partition coefficient (Wildman–Crippen LogP) is 6.07. The van der Waals surface area contributed by atoms with Gasteiger partial charge in [-0.3, -0.25) is 4.79 Å². The number of aromatic nitrogens is 1. The normalized spacial score (nSPS) is 13.4. The first-order valence-corrected chi connectivity index (χ1v) is 11.8. The van der Waals surface area contributed by atoms with Crippen molar-refractivity contribution in [1.82, 2.24) is 4.57 Å². The van der Waals surface area contributed by atoms with Gasteiger partial charge in [-0.2, -0.15) is 0 Å². The molecule has 1 amide bonds. The molecule has 3 aromatic carbocycles. The molecule has 1 aliphatic rings. The largest absolute Gasteiger partial charge is 0.342 e. The van der Waals surface area contributed by atoms with Crippen LogP contribution in [0.3, 0.4) is 0 Å². The Morgan fingerprint density at radius 3 is 2.61 bits per heavy atom. The number of para-hydroxylation sites is 2. The van der Waals surface area contributed by atoms with Gasteiger partial charge in [0, 0.05) is 40.8 Å². The summed E-state index contributed by atoms with van der Waals surface area (Å²) in [5, 5.41) is 1.21. The van der Waals surface area contributed by atoms with Crippen LogP contribution < -0.4 is 4.90 Å². The first kappa shape index (κ1) is 20.0. The number of aryl methyl sites for hydroxylation is 2. The summed E-state index contributed by atoms with van der Waals surface area (Å²) in [5.74, 6) is 0.639. The maximum Gasteiger partial charge on any atom is 0.237 e. The summed E-state index contributed by atoms with van der Waals surface area (Å²) in [5.41, 5.74) is 6.13. The molecule has 0 unspecified atom stereocenters. The van der Waals surface area contributed by atoms with Gasteiger partial charge in [0.15, 0.2) is 0 Å². The Labute approximate surface area is 187 Å². The second-order valence-corrected chi connectivity index (χ2v) is 9.21. The van der Waals surface area contributed by atoms with Crippen LogP contribution in [-0.2, 0) is 17.8 Å². The first-order chi connectivity index (χ1) is 15.2. The van der Waals surface area contributed by atoms with Crippen molar-refractivity contribution in [3.63, 3.8) is 0 Å². The summed E-state index contributed by atoms with van der Waals surface area (Å²) in [7, 11) is 0. The molecular formula is C27H26N2OS. The third-order valence-corrected chi connectivity index (χ3v) is 7.02.